The third kappa shape index (κ3) is 4.19. The van der Waals surface area contributed by atoms with E-state index in [1.807, 2.05) is 6.07 Å². The number of amides is 1. The van der Waals surface area contributed by atoms with E-state index in [0.29, 0.717) is 68.7 Å². The van der Waals surface area contributed by atoms with Gasteiger partial charge in [0.05, 0.1) is 52.5 Å². The molecule has 0 spiro atoms. The van der Waals surface area contributed by atoms with Gasteiger partial charge < -0.3 is 14.5 Å². The van der Waals surface area contributed by atoms with Crippen molar-refractivity contribution >= 4 is 54.2 Å². The highest BCUT2D eigenvalue weighted by Gasteiger charge is 2.29. The number of ether oxygens (including phenoxy) is 1. The molecule has 0 radical (unpaired) electrons. The molecule has 12 nitrogen and oxygen atoms in total. The Balaban J connectivity index is 1.39. The molecule has 188 valence electrons. The molecule has 6 heterocycles. The van der Waals surface area contributed by atoms with Crippen LogP contribution < -0.4 is 4.90 Å². The topological polar surface area (TPSA) is 138 Å². The van der Waals surface area contributed by atoms with Crippen molar-refractivity contribution in [2.45, 2.75) is 0 Å². The number of rotatable bonds is 4. The van der Waals surface area contributed by atoms with Gasteiger partial charge in [-0.3, -0.25) is 14.9 Å². The van der Waals surface area contributed by atoms with Crippen molar-refractivity contribution in [2.24, 2.45) is 0 Å². The van der Waals surface area contributed by atoms with E-state index in [2.05, 4.69) is 20.1 Å². The maximum Gasteiger partial charge on any atom is 0.264 e. The molecule has 1 N–H and O–H groups in total. The van der Waals surface area contributed by atoms with Gasteiger partial charge in [0.15, 0.2) is 11.6 Å². The van der Waals surface area contributed by atoms with Gasteiger partial charge in [-0.25, -0.2) is 18.4 Å². The number of H-pyrrole nitrogens is 1. The summed E-state index contributed by atoms with van der Waals surface area (Å²) in [6.07, 6.45) is 6.35. The Morgan fingerprint density at radius 3 is 2.58 bits per heavy atom. The number of piperazine rings is 1. The van der Waals surface area contributed by atoms with Gasteiger partial charge in [-0.05, 0) is 6.07 Å². The number of anilines is 1. The maximum atomic E-state index is 13.4. The first kappa shape index (κ1) is 23.2. The summed E-state index contributed by atoms with van der Waals surface area (Å²) in [7, 11) is -3.27. The summed E-state index contributed by atoms with van der Waals surface area (Å²) in [6, 6.07) is 1.81. The highest BCUT2D eigenvalue weighted by atomic mass is 32.2. The van der Waals surface area contributed by atoms with Crippen LogP contribution in [-0.2, 0) is 14.8 Å². The number of aromatic amines is 1. The number of fused-ring (bicyclic) bond motifs is 2. The molecule has 0 unspecified atom stereocenters. The van der Waals surface area contributed by atoms with Crippen LogP contribution in [0.5, 0.6) is 0 Å². The quantitative estimate of drug-likeness (QED) is 0.414. The van der Waals surface area contributed by atoms with Crippen LogP contribution in [0.3, 0.4) is 0 Å². The standard InChI is InChI=1S/C22H24N8O4S2/c1-36(32,33)30-4-2-29(3-5-30)22(31)18-10-16-19(35-18)21(28-6-8-34-9-7-28)26-20(25-16)15-11-23-13-17-14(15)12-24-27-17/h10-13H,2-9H2,1H3,(H,24,27). The Bertz CT molecular complexity index is 1550. The molecular weight excluding hydrogens is 504 g/mol. The molecule has 4 aromatic heterocycles. The highest BCUT2D eigenvalue weighted by Crippen LogP contribution is 2.36. The minimum Gasteiger partial charge on any atom is -0.378 e. The Morgan fingerprint density at radius 1 is 1.06 bits per heavy atom. The van der Waals surface area contributed by atoms with Gasteiger partial charge in [0.25, 0.3) is 5.91 Å². The SMILES string of the molecule is CS(=O)(=O)N1CCN(C(=O)c2cc3nc(-c4cncc5[nH]ncc45)nc(N4CCOCC4)c3s2)CC1. The molecule has 6 rings (SSSR count). The molecular formula is C22H24N8O4S2. The predicted octanol–water partition coefficient (Wildman–Crippen LogP) is 1.18. The Labute approximate surface area is 211 Å². The first-order valence-electron chi connectivity index (χ1n) is 11.5. The largest absolute Gasteiger partial charge is 0.378 e. The van der Waals surface area contributed by atoms with Gasteiger partial charge in [0.2, 0.25) is 10.0 Å². The van der Waals surface area contributed by atoms with Crippen molar-refractivity contribution in [2.75, 3.05) is 63.6 Å². The summed E-state index contributed by atoms with van der Waals surface area (Å²) >= 11 is 1.37. The molecule has 4 aromatic rings. The molecule has 2 fully saturated rings. The van der Waals surface area contributed by atoms with E-state index < -0.39 is 10.0 Å². The lowest BCUT2D eigenvalue weighted by Gasteiger charge is -2.32. The van der Waals surface area contributed by atoms with Crippen molar-refractivity contribution in [1.29, 1.82) is 0 Å². The number of hydrogen-bond donors (Lipinski definition) is 1. The van der Waals surface area contributed by atoms with Crippen LogP contribution in [0.15, 0.2) is 24.7 Å². The summed E-state index contributed by atoms with van der Waals surface area (Å²) in [5.74, 6) is 1.16. The fourth-order valence-corrected chi connectivity index (χ4v) is 6.46. The van der Waals surface area contributed by atoms with Gasteiger partial charge in [0.1, 0.15) is 0 Å². The summed E-state index contributed by atoms with van der Waals surface area (Å²) in [5.41, 5.74) is 2.23. The number of nitrogens with zero attached hydrogens (tertiary/aromatic N) is 7. The van der Waals surface area contributed by atoms with Crippen molar-refractivity contribution in [1.82, 2.24) is 34.4 Å². The normalized spacial score (nSPS) is 17.8. The minimum atomic E-state index is -3.27. The van der Waals surface area contributed by atoms with E-state index >= 15 is 0 Å². The van der Waals surface area contributed by atoms with Gasteiger partial charge in [0, 0.05) is 56.4 Å². The third-order valence-corrected chi connectivity index (χ3v) is 8.89. The van der Waals surface area contributed by atoms with Gasteiger partial charge >= 0.3 is 0 Å². The fraction of sp³-hybridized carbons (Fsp3) is 0.409. The molecule has 0 saturated carbocycles. The zero-order chi connectivity index (χ0) is 24.9. The predicted molar refractivity (Wildman–Crippen MR) is 136 cm³/mol. The molecule has 2 saturated heterocycles. The molecule has 2 aliphatic rings. The van der Waals surface area contributed by atoms with Crippen molar-refractivity contribution in [3.8, 4) is 11.4 Å². The molecule has 0 aromatic carbocycles. The molecule has 0 atom stereocenters. The van der Waals surface area contributed by atoms with Crippen LogP contribution in [0.2, 0.25) is 0 Å². The molecule has 0 bridgehead atoms. The second-order valence-corrected chi connectivity index (χ2v) is 11.8. The van der Waals surface area contributed by atoms with E-state index in [1.165, 1.54) is 21.9 Å². The number of nitrogens with one attached hydrogen (secondary N) is 1. The number of thiophene rings is 1. The summed E-state index contributed by atoms with van der Waals surface area (Å²) < 4.78 is 31.5. The lowest BCUT2D eigenvalue weighted by Crippen LogP contribution is -2.50. The van der Waals surface area contributed by atoms with Crippen LogP contribution in [-0.4, -0.2) is 107 Å². The van der Waals surface area contributed by atoms with Crippen molar-refractivity contribution in [3.05, 3.63) is 29.5 Å². The fourth-order valence-electron chi connectivity index (χ4n) is 4.55. The van der Waals surface area contributed by atoms with Crippen LogP contribution in [0, 0.1) is 0 Å². The smallest absolute Gasteiger partial charge is 0.264 e. The van der Waals surface area contributed by atoms with Gasteiger partial charge in [-0.1, -0.05) is 0 Å². The monoisotopic (exact) mass is 528 g/mol. The average molecular weight is 529 g/mol. The summed E-state index contributed by atoms with van der Waals surface area (Å²) in [4.78, 5) is 31.9. The van der Waals surface area contributed by atoms with E-state index in [-0.39, 0.29) is 5.91 Å². The number of sulfonamides is 1. The van der Waals surface area contributed by atoms with E-state index in [4.69, 9.17) is 14.7 Å². The molecule has 0 aliphatic carbocycles. The van der Waals surface area contributed by atoms with Crippen LogP contribution in [0.25, 0.3) is 32.5 Å². The summed E-state index contributed by atoms with van der Waals surface area (Å²) in [5, 5.41) is 7.92. The van der Waals surface area contributed by atoms with E-state index in [0.717, 1.165) is 27.0 Å². The number of hydrogen-bond acceptors (Lipinski definition) is 10. The Morgan fingerprint density at radius 2 is 1.83 bits per heavy atom. The molecule has 1 amide bonds. The second kappa shape index (κ2) is 9.03. The first-order valence-corrected chi connectivity index (χ1v) is 14.2. The number of morpholine rings is 1. The lowest BCUT2D eigenvalue weighted by molar-refractivity contribution is 0.0703. The molecule has 36 heavy (non-hydrogen) atoms. The van der Waals surface area contributed by atoms with Gasteiger partial charge in [-0.15, -0.1) is 11.3 Å². The Kier molecular flexibility index (Phi) is 5.82. The van der Waals surface area contributed by atoms with Crippen LogP contribution in [0.1, 0.15) is 9.67 Å². The maximum absolute atomic E-state index is 13.4. The van der Waals surface area contributed by atoms with Crippen molar-refractivity contribution < 1.29 is 17.9 Å². The molecule has 2 aliphatic heterocycles. The van der Waals surface area contributed by atoms with Crippen LogP contribution in [0.4, 0.5) is 5.82 Å². The Hall–Kier alpha value is -3.20. The first-order chi connectivity index (χ1) is 17.4. The lowest BCUT2D eigenvalue weighted by atomic mass is 10.2. The summed E-state index contributed by atoms with van der Waals surface area (Å²) in [6.45, 7) is 3.86. The van der Waals surface area contributed by atoms with Gasteiger partial charge in [-0.2, -0.15) is 9.40 Å². The number of carbonyl (C=O) groups is 1. The van der Waals surface area contributed by atoms with Crippen LogP contribution >= 0.6 is 11.3 Å². The minimum absolute atomic E-state index is 0.126. The zero-order valence-electron chi connectivity index (χ0n) is 19.5. The van der Waals surface area contributed by atoms with E-state index in [9.17, 15) is 13.2 Å². The number of pyridine rings is 1. The zero-order valence-corrected chi connectivity index (χ0v) is 21.2. The third-order valence-electron chi connectivity index (χ3n) is 6.48. The highest BCUT2D eigenvalue weighted by molar-refractivity contribution is 7.88. The molecule has 14 heteroatoms. The number of carbonyl (C=O) groups excluding carboxylic acids is 1. The number of aromatic nitrogens is 5. The van der Waals surface area contributed by atoms with E-state index in [1.54, 1.807) is 23.5 Å². The average Bonchev–Trinajstić information content (AvgIpc) is 3.55. The van der Waals surface area contributed by atoms with Crippen molar-refractivity contribution in [3.63, 3.8) is 0 Å². The second-order valence-electron chi connectivity index (χ2n) is 8.77.